The number of rotatable bonds is 11. The van der Waals surface area contributed by atoms with Crippen LogP contribution >= 0.6 is 0 Å². The molecular formula is C31H39N5O. The van der Waals surface area contributed by atoms with E-state index in [1.807, 2.05) is 18.2 Å². The number of hydrogen-bond donors (Lipinski definition) is 0. The summed E-state index contributed by atoms with van der Waals surface area (Å²) in [6.45, 7) is 12.6. The molecule has 1 aliphatic heterocycles. The van der Waals surface area contributed by atoms with Gasteiger partial charge in [-0.3, -0.25) is 0 Å². The number of anilines is 2. The molecule has 37 heavy (non-hydrogen) atoms. The fourth-order valence-corrected chi connectivity index (χ4v) is 4.91. The van der Waals surface area contributed by atoms with Crippen molar-refractivity contribution in [3.05, 3.63) is 89.6 Å². The summed E-state index contributed by atoms with van der Waals surface area (Å²) in [6, 6.07) is 25.3. The Kier molecular flexibility index (Phi) is 8.83. The Hall–Kier alpha value is -3.80. The van der Waals surface area contributed by atoms with Crippen LogP contribution in [0.4, 0.5) is 11.5 Å². The van der Waals surface area contributed by atoms with Gasteiger partial charge >= 0.3 is 0 Å². The standard InChI is InChI=1S/C31H39N5O/c1-6-34(7-2)26-20-18-25(19-21-26)28-23-27(33-36(28)30-16-13-17-31(32-30)37-5)29(35(8-3)9-4)22-24-14-11-10-12-15-24/h10-22,28H,6-9,23H2,1-5H3. The van der Waals surface area contributed by atoms with Gasteiger partial charge in [-0.1, -0.05) is 48.5 Å². The van der Waals surface area contributed by atoms with Crippen LogP contribution in [0.5, 0.6) is 5.88 Å². The lowest BCUT2D eigenvalue weighted by molar-refractivity contribution is 0.397. The van der Waals surface area contributed by atoms with Gasteiger partial charge in [0, 0.05) is 44.4 Å². The van der Waals surface area contributed by atoms with Gasteiger partial charge in [0.1, 0.15) is 0 Å². The molecule has 1 aliphatic rings. The van der Waals surface area contributed by atoms with Crippen LogP contribution in [-0.2, 0) is 0 Å². The van der Waals surface area contributed by atoms with Gasteiger partial charge in [-0.25, -0.2) is 5.01 Å². The number of nitrogens with zero attached hydrogens (tertiary/aromatic N) is 5. The van der Waals surface area contributed by atoms with E-state index in [0.29, 0.717) is 5.88 Å². The van der Waals surface area contributed by atoms with Crippen molar-refractivity contribution in [2.75, 3.05) is 43.2 Å². The van der Waals surface area contributed by atoms with E-state index >= 15 is 0 Å². The Labute approximate surface area is 221 Å². The van der Waals surface area contributed by atoms with Gasteiger partial charge in [-0.15, -0.1) is 0 Å². The quantitative estimate of drug-likeness (QED) is 0.298. The zero-order chi connectivity index (χ0) is 26.2. The van der Waals surface area contributed by atoms with Gasteiger partial charge in [-0.05, 0) is 63.1 Å². The van der Waals surface area contributed by atoms with Crippen molar-refractivity contribution in [1.82, 2.24) is 9.88 Å². The smallest absolute Gasteiger partial charge is 0.214 e. The molecule has 6 heteroatoms. The van der Waals surface area contributed by atoms with E-state index in [2.05, 4.69) is 103 Å². The zero-order valence-electron chi connectivity index (χ0n) is 22.8. The van der Waals surface area contributed by atoms with Crippen LogP contribution in [-0.4, -0.2) is 48.9 Å². The second kappa shape index (κ2) is 12.4. The summed E-state index contributed by atoms with van der Waals surface area (Å²) >= 11 is 0. The molecular weight excluding hydrogens is 458 g/mol. The van der Waals surface area contributed by atoms with Crippen LogP contribution in [0, 0.1) is 0 Å². The van der Waals surface area contributed by atoms with Crippen molar-refractivity contribution in [3.8, 4) is 5.88 Å². The molecule has 6 nitrogen and oxygen atoms in total. The molecule has 0 aliphatic carbocycles. The molecule has 1 unspecified atom stereocenters. The molecule has 2 heterocycles. The maximum absolute atomic E-state index is 5.44. The van der Waals surface area contributed by atoms with Crippen LogP contribution in [0.3, 0.4) is 0 Å². The van der Waals surface area contributed by atoms with E-state index in [9.17, 15) is 0 Å². The second-order valence-corrected chi connectivity index (χ2v) is 9.03. The molecule has 0 bridgehead atoms. The Bertz CT molecular complexity index is 1200. The second-order valence-electron chi connectivity index (χ2n) is 9.03. The number of ether oxygens (including phenoxy) is 1. The molecule has 0 saturated heterocycles. The van der Waals surface area contributed by atoms with Crippen molar-refractivity contribution in [1.29, 1.82) is 0 Å². The molecule has 3 aromatic rings. The van der Waals surface area contributed by atoms with Crippen molar-refractivity contribution >= 4 is 23.3 Å². The molecule has 0 radical (unpaired) electrons. The van der Waals surface area contributed by atoms with Gasteiger partial charge in [0.25, 0.3) is 0 Å². The normalized spacial score (nSPS) is 15.5. The monoisotopic (exact) mass is 497 g/mol. The van der Waals surface area contributed by atoms with E-state index in [0.717, 1.165) is 49.8 Å². The molecule has 1 aromatic heterocycles. The molecule has 4 rings (SSSR count). The topological polar surface area (TPSA) is 44.2 Å². The SMILES string of the molecule is CCN(CC)C(=Cc1ccccc1)C1=NN(c2cccc(OC)n2)C(c2ccc(N(CC)CC)cc2)C1. The lowest BCUT2D eigenvalue weighted by atomic mass is 9.98. The number of benzene rings is 2. The summed E-state index contributed by atoms with van der Waals surface area (Å²) in [5, 5.41) is 7.27. The van der Waals surface area contributed by atoms with E-state index < -0.39 is 0 Å². The lowest BCUT2D eigenvalue weighted by Crippen LogP contribution is -2.27. The fourth-order valence-electron chi connectivity index (χ4n) is 4.91. The van der Waals surface area contributed by atoms with Gasteiger partial charge < -0.3 is 14.5 Å². The van der Waals surface area contributed by atoms with Crippen molar-refractivity contribution in [3.63, 3.8) is 0 Å². The summed E-state index contributed by atoms with van der Waals surface area (Å²) < 4.78 is 5.44. The van der Waals surface area contributed by atoms with Crippen molar-refractivity contribution in [2.45, 2.75) is 40.2 Å². The van der Waals surface area contributed by atoms with Crippen molar-refractivity contribution in [2.24, 2.45) is 5.10 Å². The third kappa shape index (κ3) is 5.96. The highest BCUT2D eigenvalue weighted by Crippen LogP contribution is 2.38. The molecule has 0 N–H and O–H groups in total. The minimum Gasteiger partial charge on any atom is -0.481 e. The Morgan fingerprint density at radius 3 is 2.22 bits per heavy atom. The summed E-state index contributed by atoms with van der Waals surface area (Å²) in [7, 11) is 1.65. The maximum Gasteiger partial charge on any atom is 0.214 e. The van der Waals surface area contributed by atoms with Crippen molar-refractivity contribution < 1.29 is 4.74 Å². The number of hydrazone groups is 1. The van der Waals surface area contributed by atoms with E-state index in [1.54, 1.807) is 7.11 Å². The molecule has 194 valence electrons. The van der Waals surface area contributed by atoms with E-state index in [-0.39, 0.29) is 6.04 Å². The average Bonchev–Trinajstić information content (AvgIpc) is 3.40. The molecule has 1 atom stereocenters. The van der Waals surface area contributed by atoms with Gasteiger partial charge in [0.05, 0.1) is 24.6 Å². The van der Waals surface area contributed by atoms with Gasteiger partial charge in [0.15, 0.2) is 5.82 Å². The highest BCUT2D eigenvalue weighted by atomic mass is 16.5. The Morgan fingerprint density at radius 1 is 0.892 bits per heavy atom. The molecule has 0 spiro atoms. The first kappa shape index (κ1) is 26.3. The van der Waals surface area contributed by atoms with Crippen LogP contribution < -0.4 is 14.6 Å². The van der Waals surface area contributed by atoms with E-state index in [1.165, 1.54) is 16.8 Å². The molecule has 0 fully saturated rings. The average molecular weight is 498 g/mol. The first-order valence-corrected chi connectivity index (χ1v) is 13.4. The number of allylic oxidation sites excluding steroid dienone is 1. The Balaban J connectivity index is 1.77. The van der Waals surface area contributed by atoms with Crippen LogP contribution in [0.1, 0.15) is 51.3 Å². The summed E-state index contributed by atoms with van der Waals surface area (Å²) in [5.41, 5.74) is 5.86. The summed E-state index contributed by atoms with van der Waals surface area (Å²) in [5.74, 6) is 1.37. The Morgan fingerprint density at radius 2 is 1.59 bits per heavy atom. The van der Waals surface area contributed by atoms with Gasteiger partial charge in [-0.2, -0.15) is 10.1 Å². The minimum atomic E-state index is 0.0371. The fraction of sp³-hybridized carbons (Fsp3) is 0.355. The van der Waals surface area contributed by atoms with Crippen LogP contribution in [0.15, 0.2) is 83.6 Å². The molecule has 0 amide bonds. The largest absolute Gasteiger partial charge is 0.481 e. The highest BCUT2D eigenvalue weighted by molar-refractivity contribution is 6.05. The highest BCUT2D eigenvalue weighted by Gasteiger charge is 2.33. The summed E-state index contributed by atoms with van der Waals surface area (Å²) in [6.07, 6.45) is 3.05. The molecule has 2 aromatic carbocycles. The number of aromatic nitrogens is 1. The van der Waals surface area contributed by atoms with Gasteiger partial charge in [0.2, 0.25) is 5.88 Å². The number of methoxy groups -OCH3 is 1. The molecule has 0 saturated carbocycles. The maximum atomic E-state index is 5.44. The predicted octanol–water partition coefficient (Wildman–Crippen LogP) is 6.63. The van der Waals surface area contributed by atoms with E-state index in [4.69, 9.17) is 14.8 Å². The zero-order valence-corrected chi connectivity index (χ0v) is 22.8. The first-order chi connectivity index (χ1) is 18.1. The first-order valence-electron chi connectivity index (χ1n) is 13.4. The predicted molar refractivity (Wildman–Crippen MR) is 155 cm³/mol. The minimum absolute atomic E-state index is 0.0371. The number of hydrogen-bond acceptors (Lipinski definition) is 6. The lowest BCUT2D eigenvalue weighted by Gasteiger charge is -2.25. The summed E-state index contributed by atoms with van der Waals surface area (Å²) in [4.78, 5) is 9.49. The van der Waals surface area contributed by atoms with Crippen LogP contribution in [0.25, 0.3) is 6.08 Å². The third-order valence-electron chi connectivity index (χ3n) is 6.97. The number of pyridine rings is 1. The third-order valence-corrected chi connectivity index (χ3v) is 6.97. The van der Waals surface area contributed by atoms with Crippen LogP contribution in [0.2, 0.25) is 0 Å².